The van der Waals surface area contributed by atoms with Gasteiger partial charge >= 0.3 is 5.97 Å². The van der Waals surface area contributed by atoms with Gasteiger partial charge in [0.15, 0.2) is 0 Å². The van der Waals surface area contributed by atoms with Gasteiger partial charge in [0.1, 0.15) is 17.9 Å². The van der Waals surface area contributed by atoms with Crippen molar-refractivity contribution in [1.29, 1.82) is 0 Å². The summed E-state index contributed by atoms with van der Waals surface area (Å²) in [7, 11) is 0. The molecule has 2 aromatic rings. The fraction of sp³-hybridized carbons (Fsp3) is 0.375. The highest BCUT2D eigenvalue weighted by molar-refractivity contribution is 5.97. The molecule has 0 atom stereocenters. The van der Waals surface area contributed by atoms with Crippen molar-refractivity contribution in [2.75, 3.05) is 0 Å². The number of rotatable bonds is 6. The summed E-state index contributed by atoms with van der Waals surface area (Å²) < 4.78 is 10.5. The second-order valence-corrected chi connectivity index (χ2v) is 5.39. The minimum atomic E-state index is -1.04. The summed E-state index contributed by atoms with van der Waals surface area (Å²) in [5.74, 6) is -0.442. The van der Waals surface area contributed by atoms with E-state index in [1.807, 2.05) is 13.8 Å². The number of carboxylic acids is 1. The van der Waals surface area contributed by atoms with E-state index in [0.29, 0.717) is 23.4 Å². The Labute approximate surface area is 128 Å². The molecule has 118 valence electrons. The van der Waals surface area contributed by atoms with E-state index in [-0.39, 0.29) is 24.1 Å². The van der Waals surface area contributed by atoms with Gasteiger partial charge in [0.2, 0.25) is 0 Å². The van der Waals surface area contributed by atoms with Crippen molar-refractivity contribution in [2.24, 2.45) is 0 Å². The summed E-state index contributed by atoms with van der Waals surface area (Å²) in [6.07, 6.45) is 2.65. The summed E-state index contributed by atoms with van der Waals surface area (Å²) in [4.78, 5) is 25.4. The van der Waals surface area contributed by atoms with Crippen LogP contribution in [-0.4, -0.2) is 27.9 Å². The van der Waals surface area contributed by atoms with Gasteiger partial charge in [0, 0.05) is 11.6 Å². The molecule has 0 unspecified atom stereocenters. The fourth-order valence-corrected chi connectivity index (χ4v) is 2.26. The van der Waals surface area contributed by atoms with E-state index in [4.69, 9.17) is 13.9 Å². The van der Waals surface area contributed by atoms with E-state index in [9.17, 15) is 9.59 Å². The summed E-state index contributed by atoms with van der Waals surface area (Å²) >= 11 is 0. The van der Waals surface area contributed by atoms with E-state index >= 15 is 0 Å². The van der Waals surface area contributed by atoms with Gasteiger partial charge in [-0.3, -0.25) is 9.59 Å². The van der Waals surface area contributed by atoms with E-state index in [1.54, 1.807) is 30.2 Å². The molecule has 6 nitrogen and oxygen atoms in total. The normalized spacial score (nSPS) is 10.9. The Balaban J connectivity index is 2.31. The predicted molar refractivity (Wildman–Crippen MR) is 78.5 cm³/mol. The smallest absolute Gasteiger partial charge is 0.311 e. The molecular formula is C16H19NO5. The lowest BCUT2D eigenvalue weighted by atomic mass is 10.1. The topological polar surface area (TPSA) is 83.9 Å². The Bertz CT molecular complexity index is 654. The van der Waals surface area contributed by atoms with Crippen molar-refractivity contribution >= 4 is 11.9 Å². The Hall–Kier alpha value is -2.50. The summed E-state index contributed by atoms with van der Waals surface area (Å²) in [5.41, 5.74) is 0.953. The third-order valence-electron chi connectivity index (χ3n) is 3.37. The SMILES string of the molecule is Cc1coc(CC(=O)O)c1C(=O)N(Cc1ccco1)C(C)C. The maximum absolute atomic E-state index is 12.8. The van der Waals surface area contributed by atoms with Crippen molar-refractivity contribution in [3.63, 3.8) is 0 Å². The zero-order valence-corrected chi connectivity index (χ0v) is 12.8. The Morgan fingerprint density at radius 3 is 2.59 bits per heavy atom. The third-order valence-corrected chi connectivity index (χ3v) is 3.37. The molecule has 0 aromatic carbocycles. The van der Waals surface area contributed by atoms with Crippen LogP contribution in [0.4, 0.5) is 0 Å². The molecule has 2 rings (SSSR count). The second-order valence-electron chi connectivity index (χ2n) is 5.39. The van der Waals surface area contributed by atoms with Crippen LogP contribution in [0.1, 0.15) is 41.3 Å². The maximum Gasteiger partial charge on any atom is 0.311 e. The monoisotopic (exact) mass is 305 g/mol. The van der Waals surface area contributed by atoms with Crippen LogP contribution < -0.4 is 0 Å². The van der Waals surface area contributed by atoms with Crippen molar-refractivity contribution < 1.29 is 23.5 Å². The average molecular weight is 305 g/mol. The molecule has 6 heteroatoms. The number of furan rings is 2. The van der Waals surface area contributed by atoms with Crippen molar-refractivity contribution in [2.45, 2.75) is 39.8 Å². The Kier molecular flexibility index (Phi) is 4.70. The lowest BCUT2D eigenvalue weighted by Gasteiger charge is -2.26. The van der Waals surface area contributed by atoms with Crippen LogP contribution in [-0.2, 0) is 17.8 Å². The molecule has 0 radical (unpaired) electrons. The Morgan fingerprint density at radius 1 is 1.32 bits per heavy atom. The number of carboxylic acid groups (broad SMARTS) is 1. The van der Waals surface area contributed by atoms with E-state index in [2.05, 4.69) is 0 Å². The van der Waals surface area contributed by atoms with Crippen LogP contribution in [0, 0.1) is 6.92 Å². The van der Waals surface area contributed by atoms with E-state index in [1.165, 1.54) is 6.26 Å². The van der Waals surface area contributed by atoms with Crippen LogP contribution in [0.2, 0.25) is 0 Å². The zero-order valence-electron chi connectivity index (χ0n) is 12.8. The summed E-state index contributed by atoms with van der Waals surface area (Å²) in [6, 6.07) is 3.49. The van der Waals surface area contributed by atoms with Crippen molar-refractivity contribution in [3.8, 4) is 0 Å². The molecule has 0 aliphatic carbocycles. The number of nitrogens with zero attached hydrogens (tertiary/aromatic N) is 1. The Morgan fingerprint density at radius 2 is 2.05 bits per heavy atom. The zero-order chi connectivity index (χ0) is 16.3. The number of carbonyl (C=O) groups excluding carboxylic acids is 1. The number of hydrogen-bond donors (Lipinski definition) is 1. The minimum absolute atomic E-state index is 0.0652. The second kappa shape index (κ2) is 6.51. The van der Waals surface area contributed by atoms with E-state index < -0.39 is 5.97 Å². The molecule has 0 aliphatic heterocycles. The van der Waals surface area contributed by atoms with Crippen LogP contribution >= 0.6 is 0 Å². The highest BCUT2D eigenvalue weighted by atomic mass is 16.4. The van der Waals surface area contributed by atoms with Gasteiger partial charge in [-0.05, 0) is 32.9 Å². The lowest BCUT2D eigenvalue weighted by molar-refractivity contribution is -0.136. The van der Waals surface area contributed by atoms with E-state index in [0.717, 1.165) is 0 Å². The van der Waals surface area contributed by atoms with Crippen LogP contribution in [0.5, 0.6) is 0 Å². The maximum atomic E-state index is 12.8. The van der Waals surface area contributed by atoms with Gasteiger partial charge in [-0.1, -0.05) is 0 Å². The number of carbonyl (C=O) groups is 2. The number of aliphatic carboxylic acids is 1. The van der Waals surface area contributed by atoms with Crippen molar-refractivity contribution in [1.82, 2.24) is 4.90 Å². The van der Waals surface area contributed by atoms with Gasteiger partial charge in [-0.25, -0.2) is 0 Å². The molecule has 0 saturated heterocycles. The first-order chi connectivity index (χ1) is 10.4. The molecule has 1 amide bonds. The molecule has 0 fully saturated rings. The molecule has 0 saturated carbocycles. The first-order valence-corrected chi connectivity index (χ1v) is 7.02. The minimum Gasteiger partial charge on any atom is -0.481 e. The fourth-order valence-electron chi connectivity index (χ4n) is 2.26. The van der Waals surface area contributed by atoms with Gasteiger partial charge in [-0.2, -0.15) is 0 Å². The molecule has 2 heterocycles. The number of amides is 1. The first-order valence-electron chi connectivity index (χ1n) is 7.02. The molecular weight excluding hydrogens is 286 g/mol. The van der Waals surface area contributed by atoms with Crippen molar-refractivity contribution in [3.05, 3.63) is 47.3 Å². The molecule has 0 spiro atoms. The average Bonchev–Trinajstić information content (AvgIpc) is 3.05. The lowest BCUT2D eigenvalue weighted by Crippen LogP contribution is -2.37. The van der Waals surface area contributed by atoms with Crippen LogP contribution in [0.15, 0.2) is 33.5 Å². The first kappa shape index (κ1) is 15.9. The molecule has 1 N–H and O–H groups in total. The van der Waals surface area contributed by atoms with Gasteiger partial charge in [-0.15, -0.1) is 0 Å². The van der Waals surface area contributed by atoms with Crippen LogP contribution in [0.25, 0.3) is 0 Å². The highest BCUT2D eigenvalue weighted by Gasteiger charge is 2.27. The quantitative estimate of drug-likeness (QED) is 0.887. The molecule has 22 heavy (non-hydrogen) atoms. The van der Waals surface area contributed by atoms with Gasteiger partial charge < -0.3 is 18.8 Å². The molecule has 2 aromatic heterocycles. The third kappa shape index (κ3) is 3.39. The largest absolute Gasteiger partial charge is 0.481 e. The van der Waals surface area contributed by atoms with Gasteiger partial charge in [0.25, 0.3) is 5.91 Å². The molecule has 0 aliphatic rings. The predicted octanol–water partition coefficient (Wildman–Crippen LogP) is 2.86. The number of aryl methyl sites for hydroxylation is 1. The standard InChI is InChI=1S/C16H19NO5/c1-10(2)17(8-12-5-4-6-21-12)16(20)15-11(3)9-22-13(15)7-14(18)19/h4-6,9-10H,7-8H2,1-3H3,(H,18,19). The highest BCUT2D eigenvalue weighted by Crippen LogP contribution is 2.22. The van der Waals surface area contributed by atoms with Crippen LogP contribution in [0.3, 0.4) is 0 Å². The molecule has 0 bridgehead atoms. The summed E-state index contributed by atoms with van der Waals surface area (Å²) in [5, 5.41) is 8.94. The van der Waals surface area contributed by atoms with Gasteiger partial charge in [0.05, 0.1) is 24.6 Å². The number of hydrogen-bond acceptors (Lipinski definition) is 4. The summed E-state index contributed by atoms with van der Waals surface area (Å²) in [6.45, 7) is 5.84.